The fourth-order valence-corrected chi connectivity index (χ4v) is 4.95. The lowest BCUT2D eigenvalue weighted by Gasteiger charge is -2.43. The molecule has 3 aromatic rings. The minimum Gasteiger partial charge on any atom is -0.389 e. The Morgan fingerprint density at radius 2 is 2.00 bits per heavy atom. The molecule has 2 unspecified atom stereocenters. The summed E-state index contributed by atoms with van der Waals surface area (Å²) in [5, 5.41) is 12.4. The molecule has 1 aromatic heterocycles. The summed E-state index contributed by atoms with van der Waals surface area (Å²) in [5.74, 6) is -0.135. The Balaban J connectivity index is 1.60. The van der Waals surface area contributed by atoms with E-state index in [-0.39, 0.29) is 24.2 Å². The summed E-state index contributed by atoms with van der Waals surface area (Å²) in [5.41, 5.74) is 2.73. The van der Waals surface area contributed by atoms with Crippen molar-refractivity contribution in [3.8, 4) is 0 Å². The van der Waals surface area contributed by atoms with Crippen LogP contribution in [0.1, 0.15) is 40.0 Å². The molecule has 172 valence electrons. The minimum absolute atomic E-state index is 0.135. The maximum Gasteiger partial charge on any atom is 0.280 e. The number of benzene rings is 2. The molecule has 0 bridgehead atoms. The lowest BCUT2D eigenvalue weighted by atomic mass is 9.91. The topological polar surface area (TPSA) is 65.9 Å². The summed E-state index contributed by atoms with van der Waals surface area (Å²) in [6.07, 6.45) is -1.01. The highest BCUT2D eigenvalue weighted by atomic mass is 19.3. The molecule has 1 N–H and O–H groups in total. The monoisotopic (exact) mass is 453 g/mol. The number of aliphatic hydroxyl groups is 1. The second kappa shape index (κ2) is 8.68. The number of amides is 1. The molecule has 5 rings (SSSR count). The van der Waals surface area contributed by atoms with Crippen LogP contribution in [0.15, 0.2) is 48.7 Å². The highest BCUT2D eigenvalue weighted by Crippen LogP contribution is 2.38. The van der Waals surface area contributed by atoms with Crippen molar-refractivity contribution >= 4 is 22.4 Å². The lowest BCUT2D eigenvalue weighted by molar-refractivity contribution is -0.0575. The zero-order valence-electron chi connectivity index (χ0n) is 18.2. The van der Waals surface area contributed by atoms with Crippen LogP contribution in [0.3, 0.4) is 0 Å². The van der Waals surface area contributed by atoms with E-state index in [0.717, 1.165) is 22.0 Å². The third-order valence-electron chi connectivity index (χ3n) is 6.49. The van der Waals surface area contributed by atoms with Crippen LogP contribution in [0.5, 0.6) is 0 Å². The first-order valence-electron chi connectivity index (χ1n) is 11.0. The second-order valence-electron chi connectivity index (χ2n) is 8.66. The molecule has 0 saturated carbocycles. The third kappa shape index (κ3) is 3.94. The molecule has 3 heterocycles. The maximum atomic E-state index is 13.6. The molecule has 2 aliphatic heterocycles. The average molecular weight is 453 g/mol. The van der Waals surface area contributed by atoms with Crippen LogP contribution in [0, 0.1) is 0 Å². The van der Waals surface area contributed by atoms with E-state index >= 15 is 0 Å². The van der Waals surface area contributed by atoms with Crippen molar-refractivity contribution in [3.05, 3.63) is 71.0 Å². The fraction of sp³-hybridized carbons (Fsp3) is 0.360. The number of ether oxygens (including phenoxy) is 1. The van der Waals surface area contributed by atoms with Gasteiger partial charge in [0.05, 0.1) is 36.7 Å². The summed E-state index contributed by atoms with van der Waals surface area (Å²) < 4.78 is 31.7. The first-order chi connectivity index (χ1) is 15.9. The fourth-order valence-electron chi connectivity index (χ4n) is 4.95. The van der Waals surface area contributed by atoms with Crippen LogP contribution in [0.2, 0.25) is 0 Å². The van der Waals surface area contributed by atoms with Crippen molar-refractivity contribution in [2.75, 3.05) is 31.8 Å². The van der Waals surface area contributed by atoms with Gasteiger partial charge in [-0.3, -0.25) is 9.78 Å². The first kappa shape index (κ1) is 21.7. The molecule has 2 atom stereocenters. The number of hydrogen-bond acceptors (Lipinski definition) is 5. The molecule has 1 fully saturated rings. The van der Waals surface area contributed by atoms with E-state index in [0.29, 0.717) is 37.2 Å². The minimum atomic E-state index is -2.64. The van der Waals surface area contributed by atoms with E-state index in [4.69, 9.17) is 4.74 Å². The Morgan fingerprint density at radius 1 is 1.21 bits per heavy atom. The van der Waals surface area contributed by atoms with Crippen molar-refractivity contribution in [1.29, 1.82) is 0 Å². The molecule has 2 aliphatic rings. The smallest absolute Gasteiger partial charge is 0.280 e. The molecule has 8 heteroatoms. The lowest BCUT2D eigenvalue weighted by Crippen LogP contribution is -2.56. The van der Waals surface area contributed by atoms with Gasteiger partial charge >= 0.3 is 0 Å². The summed E-state index contributed by atoms with van der Waals surface area (Å²) in [7, 11) is 1.94. The molecule has 0 aliphatic carbocycles. The normalized spacial score (nSPS) is 21.1. The number of rotatable bonds is 4. The second-order valence-corrected chi connectivity index (χ2v) is 8.66. The summed E-state index contributed by atoms with van der Waals surface area (Å²) in [6, 6.07) is 12.5. The quantitative estimate of drug-likeness (QED) is 0.652. The number of halogens is 2. The first-order valence-corrected chi connectivity index (χ1v) is 11.0. The third-order valence-corrected chi connectivity index (χ3v) is 6.49. The maximum absolute atomic E-state index is 13.6. The molecule has 33 heavy (non-hydrogen) atoms. The molecular formula is C25H25F2N3O3. The molecular weight excluding hydrogens is 428 g/mol. The molecule has 6 nitrogen and oxygen atoms in total. The predicted octanol–water partition coefficient (Wildman–Crippen LogP) is 3.76. The van der Waals surface area contributed by atoms with Crippen LogP contribution in [-0.2, 0) is 11.2 Å². The largest absolute Gasteiger partial charge is 0.389 e. The average Bonchev–Trinajstić information content (AvgIpc) is 2.82. The SMILES string of the molecule is CN1CN(C2CCOCC2O)C(=O)c2cc(Cc3ccnc(C(F)F)c3)c3ccccc3c21. The number of alkyl halides is 2. The number of carbonyl (C=O) groups excluding carboxylic acids is 1. The van der Waals surface area contributed by atoms with E-state index in [1.165, 1.54) is 12.3 Å². The Morgan fingerprint density at radius 3 is 2.76 bits per heavy atom. The van der Waals surface area contributed by atoms with Crippen molar-refractivity contribution < 1.29 is 23.4 Å². The molecule has 0 radical (unpaired) electrons. The van der Waals surface area contributed by atoms with Gasteiger partial charge in [0.1, 0.15) is 5.69 Å². The van der Waals surface area contributed by atoms with E-state index in [1.807, 2.05) is 42.3 Å². The van der Waals surface area contributed by atoms with Crippen LogP contribution in [0.4, 0.5) is 14.5 Å². The van der Waals surface area contributed by atoms with Crippen LogP contribution < -0.4 is 4.90 Å². The van der Waals surface area contributed by atoms with Gasteiger partial charge in [0.2, 0.25) is 0 Å². The van der Waals surface area contributed by atoms with Gasteiger partial charge in [-0.15, -0.1) is 0 Å². The zero-order chi connectivity index (χ0) is 23.1. The predicted molar refractivity (Wildman–Crippen MR) is 121 cm³/mol. The van der Waals surface area contributed by atoms with E-state index in [1.54, 1.807) is 11.0 Å². The number of anilines is 1. The Bertz CT molecular complexity index is 1200. The van der Waals surface area contributed by atoms with Gasteiger partial charge in [0.25, 0.3) is 12.3 Å². The number of aliphatic hydroxyl groups excluding tert-OH is 1. The Hall–Kier alpha value is -3.10. The molecule has 1 amide bonds. The number of pyridine rings is 1. The van der Waals surface area contributed by atoms with E-state index < -0.39 is 12.5 Å². The van der Waals surface area contributed by atoms with Gasteiger partial charge in [-0.2, -0.15) is 0 Å². The van der Waals surface area contributed by atoms with Gasteiger partial charge in [0.15, 0.2) is 0 Å². The standard InChI is InChI=1S/C25H25F2N3O3/c1-29-14-30(21-7-9-33-13-22(21)31)25(32)19-12-16(17-4-2-3-5-18(17)23(19)29)10-15-6-8-28-20(11-15)24(26)27/h2-6,8,11-12,21-22,24,31H,7,9-10,13-14H2,1H3. The van der Waals surface area contributed by atoms with Crippen LogP contribution in [-0.4, -0.2) is 60.0 Å². The zero-order valence-corrected chi connectivity index (χ0v) is 18.2. The van der Waals surface area contributed by atoms with Crippen LogP contribution in [0.25, 0.3) is 10.8 Å². The summed E-state index contributed by atoms with van der Waals surface area (Å²) >= 11 is 0. The Labute approximate surface area is 190 Å². The highest BCUT2D eigenvalue weighted by Gasteiger charge is 2.38. The number of fused-ring (bicyclic) bond motifs is 3. The van der Waals surface area contributed by atoms with Gasteiger partial charge < -0.3 is 19.6 Å². The van der Waals surface area contributed by atoms with Gasteiger partial charge in [-0.1, -0.05) is 24.3 Å². The van der Waals surface area contributed by atoms with Gasteiger partial charge in [0, 0.05) is 25.2 Å². The number of aromatic nitrogens is 1. The number of nitrogens with zero attached hydrogens (tertiary/aromatic N) is 3. The Kier molecular flexibility index (Phi) is 5.72. The number of carbonyl (C=O) groups is 1. The van der Waals surface area contributed by atoms with Crippen molar-refractivity contribution in [1.82, 2.24) is 9.88 Å². The van der Waals surface area contributed by atoms with Crippen molar-refractivity contribution in [2.24, 2.45) is 0 Å². The van der Waals surface area contributed by atoms with Crippen molar-refractivity contribution in [2.45, 2.75) is 31.4 Å². The summed E-state index contributed by atoms with van der Waals surface area (Å²) in [6.45, 7) is 1.08. The van der Waals surface area contributed by atoms with E-state index in [2.05, 4.69) is 4.98 Å². The molecule has 0 spiro atoms. The molecule has 1 saturated heterocycles. The highest BCUT2D eigenvalue weighted by molar-refractivity contribution is 6.11. The van der Waals surface area contributed by atoms with E-state index in [9.17, 15) is 18.7 Å². The van der Waals surface area contributed by atoms with Crippen molar-refractivity contribution in [3.63, 3.8) is 0 Å². The van der Waals surface area contributed by atoms with Gasteiger partial charge in [-0.25, -0.2) is 8.78 Å². The van der Waals surface area contributed by atoms with Crippen LogP contribution >= 0.6 is 0 Å². The number of hydrogen-bond donors (Lipinski definition) is 1. The van der Waals surface area contributed by atoms with Gasteiger partial charge in [-0.05, 0) is 47.6 Å². The molecule has 2 aromatic carbocycles. The summed E-state index contributed by atoms with van der Waals surface area (Å²) in [4.78, 5) is 21.1.